The summed E-state index contributed by atoms with van der Waals surface area (Å²) in [5.41, 5.74) is 3.88. The molecule has 0 saturated carbocycles. The lowest BCUT2D eigenvalue weighted by molar-refractivity contribution is -0.134. The monoisotopic (exact) mass is 423 g/mol. The summed E-state index contributed by atoms with van der Waals surface area (Å²) in [7, 11) is 3.21. The van der Waals surface area contributed by atoms with Crippen molar-refractivity contribution < 1.29 is 23.4 Å². The van der Waals surface area contributed by atoms with Crippen LogP contribution in [0.15, 0.2) is 39.5 Å². The van der Waals surface area contributed by atoms with Crippen LogP contribution in [0.5, 0.6) is 17.2 Å². The topological polar surface area (TPSA) is 78.2 Å². The molecule has 1 aromatic heterocycles. The Morgan fingerprint density at radius 3 is 2.42 bits per heavy atom. The summed E-state index contributed by atoms with van der Waals surface area (Å²) in [4.78, 5) is 26.4. The third kappa shape index (κ3) is 4.08. The van der Waals surface area contributed by atoms with Gasteiger partial charge in [0.2, 0.25) is 0 Å². The lowest BCUT2D eigenvalue weighted by atomic mass is 9.99. The molecular formula is C24H25NO6. The molecule has 2 aromatic carbocycles. The molecule has 4 rings (SSSR count). The second-order valence-corrected chi connectivity index (χ2v) is 7.71. The van der Waals surface area contributed by atoms with E-state index in [9.17, 15) is 9.59 Å². The van der Waals surface area contributed by atoms with Gasteiger partial charge < -0.3 is 23.5 Å². The summed E-state index contributed by atoms with van der Waals surface area (Å²) < 4.78 is 22.0. The number of hydrogen-bond donors (Lipinski definition) is 0. The van der Waals surface area contributed by atoms with Crippen LogP contribution in [0.25, 0.3) is 11.0 Å². The van der Waals surface area contributed by atoms with Crippen molar-refractivity contribution in [3.05, 3.63) is 63.0 Å². The fourth-order valence-electron chi connectivity index (χ4n) is 4.02. The summed E-state index contributed by atoms with van der Waals surface area (Å²) in [6.07, 6.45) is 0.735. The molecule has 0 bridgehead atoms. The number of fused-ring (bicyclic) bond motifs is 2. The molecule has 0 spiro atoms. The average Bonchev–Trinajstić information content (AvgIpc) is 2.74. The van der Waals surface area contributed by atoms with Crippen LogP contribution in [0.3, 0.4) is 0 Å². The van der Waals surface area contributed by atoms with Gasteiger partial charge in [0, 0.05) is 19.2 Å². The number of nitrogens with zero attached hydrogens (tertiary/aromatic N) is 1. The minimum absolute atomic E-state index is 0.0975. The Labute approximate surface area is 180 Å². The first-order chi connectivity index (χ1) is 14.9. The molecule has 1 aliphatic heterocycles. The molecule has 7 nitrogen and oxygen atoms in total. The van der Waals surface area contributed by atoms with Crippen molar-refractivity contribution in [3.8, 4) is 17.2 Å². The summed E-state index contributed by atoms with van der Waals surface area (Å²) in [5, 5.41) is 0.707. The van der Waals surface area contributed by atoms with Crippen molar-refractivity contribution in [3.63, 3.8) is 0 Å². The van der Waals surface area contributed by atoms with Crippen LogP contribution in [0.4, 0.5) is 0 Å². The Hall–Kier alpha value is -3.48. The molecule has 162 valence electrons. The number of aryl methyl sites for hydroxylation is 2. The first kappa shape index (κ1) is 20.8. The number of hydrogen-bond acceptors (Lipinski definition) is 6. The van der Waals surface area contributed by atoms with Gasteiger partial charge in [-0.25, -0.2) is 4.79 Å². The van der Waals surface area contributed by atoms with Crippen molar-refractivity contribution >= 4 is 16.9 Å². The molecule has 3 aromatic rings. The molecule has 0 N–H and O–H groups in total. The van der Waals surface area contributed by atoms with Crippen LogP contribution in [0.2, 0.25) is 0 Å². The summed E-state index contributed by atoms with van der Waals surface area (Å²) in [6.45, 7) is 4.71. The van der Waals surface area contributed by atoms with Crippen LogP contribution < -0.4 is 19.8 Å². The highest BCUT2D eigenvalue weighted by Gasteiger charge is 2.23. The van der Waals surface area contributed by atoms with Crippen LogP contribution in [-0.4, -0.2) is 38.2 Å². The maximum Gasteiger partial charge on any atom is 0.336 e. The number of ether oxygens (including phenoxy) is 3. The fourth-order valence-corrected chi connectivity index (χ4v) is 4.02. The Morgan fingerprint density at radius 1 is 1.00 bits per heavy atom. The maximum absolute atomic E-state index is 12.9. The molecule has 2 heterocycles. The van der Waals surface area contributed by atoms with Gasteiger partial charge in [0.25, 0.3) is 5.91 Å². The van der Waals surface area contributed by atoms with Gasteiger partial charge in [0.05, 0.1) is 19.6 Å². The molecule has 0 unspecified atom stereocenters. The minimum atomic E-state index is -0.406. The predicted molar refractivity (Wildman–Crippen MR) is 116 cm³/mol. The molecule has 0 radical (unpaired) electrons. The first-order valence-corrected chi connectivity index (χ1v) is 10.1. The number of amides is 1. The van der Waals surface area contributed by atoms with Crippen molar-refractivity contribution in [2.45, 2.75) is 26.8 Å². The quantitative estimate of drug-likeness (QED) is 0.586. The van der Waals surface area contributed by atoms with E-state index >= 15 is 0 Å². The lowest BCUT2D eigenvalue weighted by Gasteiger charge is -2.29. The van der Waals surface area contributed by atoms with E-state index in [2.05, 4.69) is 0 Å². The zero-order valence-corrected chi connectivity index (χ0v) is 18.1. The second kappa shape index (κ2) is 8.34. The maximum atomic E-state index is 12.9. The zero-order chi connectivity index (χ0) is 22.1. The van der Waals surface area contributed by atoms with E-state index in [1.54, 1.807) is 25.2 Å². The third-order valence-electron chi connectivity index (χ3n) is 5.57. The molecule has 0 fully saturated rings. The molecular weight excluding hydrogens is 398 g/mol. The van der Waals surface area contributed by atoms with Crippen LogP contribution in [0, 0.1) is 13.8 Å². The van der Waals surface area contributed by atoms with E-state index in [1.807, 2.05) is 32.0 Å². The fraction of sp³-hybridized carbons (Fsp3) is 0.333. The number of rotatable bonds is 5. The van der Waals surface area contributed by atoms with Gasteiger partial charge in [-0.15, -0.1) is 0 Å². The Balaban J connectivity index is 1.52. The molecule has 0 saturated heterocycles. The SMILES string of the molecule is COc1cc2c(cc1OC)CN(C(=O)COc1cc(C)cc3oc(=O)cc(C)c13)CC2. The van der Waals surface area contributed by atoms with Gasteiger partial charge >= 0.3 is 5.63 Å². The van der Waals surface area contributed by atoms with E-state index < -0.39 is 5.63 Å². The number of benzene rings is 2. The molecule has 0 aliphatic carbocycles. The summed E-state index contributed by atoms with van der Waals surface area (Å²) in [5.74, 6) is 1.77. The molecule has 1 amide bonds. The summed E-state index contributed by atoms with van der Waals surface area (Å²) >= 11 is 0. The Bertz CT molecular complexity index is 1210. The van der Waals surface area contributed by atoms with Crippen molar-refractivity contribution in [1.82, 2.24) is 4.90 Å². The largest absolute Gasteiger partial charge is 0.493 e. The van der Waals surface area contributed by atoms with Crippen molar-refractivity contribution in [2.75, 3.05) is 27.4 Å². The third-order valence-corrected chi connectivity index (χ3v) is 5.57. The van der Waals surface area contributed by atoms with Gasteiger partial charge in [0.1, 0.15) is 11.3 Å². The zero-order valence-electron chi connectivity index (χ0n) is 18.1. The predicted octanol–water partition coefficient (Wildman–Crippen LogP) is 3.39. The molecule has 31 heavy (non-hydrogen) atoms. The summed E-state index contributed by atoms with van der Waals surface area (Å²) in [6, 6.07) is 8.97. The lowest BCUT2D eigenvalue weighted by Crippen LogP contribution is -2.38. The van der Waals surface area contributed by atoms with Gasteiger partial charge in [0.15, 0.2) is 18.1 Å². The van der Waals surface area contributed by atoms with Gasteiger partial charge in [-0.3, -0.25) is 4.79 Å². The molecule has 0 atom stereocenters. The highest BCUT2D eigenvalue weighted by Crippen LogP contribution is 2.33. The molecule has 1 aliphatic rings. The Morgan fingerprint density at radius 2 is 1.71 bits per heavy atom. The van der Waals surface area contributed by atoms with Gasteiger partial charge in [-0.2, -0.15) is 0 Å². The van der Waals surface area contributed by atoms with Gasteiger partial charge in [-0.05, 0) is 66.8 Å². The van der Waals surface area contributed by atoms with Crippen molar-refractivity contribution in [2.24, 2.45) is 0 Å². The van der Waals surface area contributed by atoms with E-state index in [1.165, 1.54) is 6.07 Å². The standard InChI is InChI=1S/C24H25NO6/c1-14-7-20(24-15(2)9-23(27)31-21(24)8-14)30-13-22(26)25-6-5-16-10-18(28-3)19(29-4)11-17(16)12-25/h7-11H,5-6,12-13H2,1-4H3. The highest BCUT2D eigenvalue weighted by atomic mass is 16.5. The van der Waals surface area contributed by atoms with Gasteiger partial charge in [-0.1, -0.05) is 0 Å². The van der Waals surface area contributed by atoms with E-state index in [0.717, 1.165) is 28.7 Å². The van der Waals surface area contributed by atoms with Crippen LogP contribution in [-0.2, 0) is 17.8 Å². The van der Waals surface area contributed by atoms with Crippen LogP contribution >= 0.6 is 0 Å². The normalized spacial score (nSPS) is 13.1. The first-order valence-electron chi connectivity index (χ1n) is 10.1. The van der Waals surface area contributed by atoms with Crippen LogP contribution in [0.1, 0.15) is 22.3 Å². The minimum Gasteiger partial charge on any atom is -0.493 e. The van der Waals surface area contributed by atoms with E-state index in [0.29, 0.717) is 41.3 Å². The van der Waals surface area contributed by atoms with E-state index in [-0.39, 0.29) is 12.5 Å². The molecule has 7 heteroatoms. The smallest absolute Gasteiger partial charge is 0.336 e. The number of carbonyl (C=O) groups excluding carboxylic acids is 1. The average molecular weight is 423 g/mol. The van der Waals surface area contributed by atoms with E-state index in [4.69, 9.17) is 18.6 Å². The van der Waals surface area contributed by atoms with Crippen molar-refractivity contribution in [1.29, 1.82) is 0 Å². The number of carbonyl (C=O) groups is 1. The number of methoxy groups -OCH3 is 2. The Kier molecular flexibility index (Phi) is 5.59. The second-order valence-electron chi connectivity index (χ2n) is 7.71. The highest BCUT2D eigenvalue weighted by molar-refractivity contribution is 5.88.